The maximum Gasteiger partial charge on any atom is 0.144 e. The summed E-state index contributed by atoms with van der Waals surface area (Å²) in [5.74, 6) is 0. The van der Waals surface area contributed by atoms with Gasteiger partial charge >= 0.3 is 0 Å². The lowest BCUT2D eigenvalue weighted by atomic mass is 9.84. The highest BCUT2D eigenvalue weighted by Gasteiger charge is 2.38. The number of nitrogens with two attached hydrogens (primary N) is 1. The van der Waals surface area contributed by atoms with E-state index in [0.29, 0.717) is 13.0 Å². The maximum atomic E-state index is 11.8. The van der Waals surface area contributed by atoms with Crippen molar-refractivity contribution in [3.8, 4) is 0 Å². The van der Waals surface area contributed by atoms with Crippen LogP contribution in [0.15, 0.2) is 30.3 Å². The largest absolute Gasteiger partial charge is 0.330 e. The topological polar surface area (TPSA) is 46.3 Å². The normalized spacial score (nSPS) is 20.3. The first-order valence-electron chi connectivity index (χ1n) is 6.80. The molecule has 1 atom stereocenters. The van der Waals surface area contributed by atoms with Crippen molar-refractivity contribution in [2.45, 2.75) is 31.2 Å². The van der Waals surface area contributed by atoms with Gasteiger partial charge in [-0.2, -0.15) is 0 Å². The van der Waals surface area contributed by atoms with Crippen molar-refractivity contribution >= 4 is 6.29 Å². The fourth-order valence-corrected chi connectivity index (χ4v) is 2.93. The molecule has 1 aromatic carbocycles. The number of nitrogens with zero attached hydrogens (tertiary/aromatic N) is 1. The third-order valence-corrected chi connectivity index (χ3v) is 3.91. The Balaban J connectivity index is 2.35. The van der Waals surface area contributed by atoms with Gasteiger partial charge in [-0.15, -0.1) is 0 Å². The molecule has 1 aromatic rings. The molecule has 1 aliphatic heterocycles. The fraction of sp³-hybridized carbons (Fsp3) is 0.533. The molecule has 0 amide bonds. The predicted molar refractivity (Wildman–Crippen MR) is 73.3 cm³/mol. The maximum absolute atomic E-state index is 11.8. The van der Waals surface area contributed by atoms with Gasteiger partial charge in [0.1, 0.15) is 11.8 Å². The molecule has 0 saturated carbocycles. The monoisotopic (exact) mass is 246 g/mol. The molecule has 0 aromatic heterocycles. The summed E-state index contributed by atoms with van der Waals surface area (Å²) in [4.78, 5) is 14.1. The van der Waals surface area contributed by atoms with E-state index in [-0.39, 0.29) is 0 Å². The van der Waals surface area contributed by atoms with Crippen molar-refractivity contribution in [1.82, 2.24) is 4.90 Å². The molecule has 0 bridgehead atoms. The van der Waals surface area contributed by atoms with E-state index >= 15 is 0 Å². The minimum atomic E-state index is -0.517. The smallest absolute Gasteiger partial charge is 0.144 e. The molecule has 2 N–H and O–H groups in total. The van der Waals surface area contributed by atoms with Gasteiger partial charge < -0.3 is 10.5 Å². The Hall–Kier alpha value is -1.19. The number of hydrogen-bond donors (Lipinski definition) is 1. The van der Waals surface area contributed by atoms with Crippen molar-refractivity contribution in [3.63, 3.8) is 0 Å². The summed E-state index contributed by atoms with van der Waals surface area (Å²) in [6, 6.07) is 10.1. The zero-order chi connectivity index (χ0) is 12.8. The summed E-state index contributed by atoms with van der Waals surface area (Å²) < 4.78 is 0. The van der Waals surface area contributed by atoms with Gasteiger partial charge in [0, 0.05) is 0 Å². The number of likely N-dealkylation sites (tertiary alicyclic amines) is 1. The highest BCUT2D eigenvalue weighted by Crippen LogP contribution is 2.32. The molecule has 1 heterocycles. The van der Waals surface area contributed by atoms with Crippen LogP contribution in [0.25, 0.3) is 0 Å². The number of aldehydes is 1. The zero-order valence-corrected chi connectivity index (χ0v) is 10.8. The van der Waals surface area contributed by atoms with Crippen LogP contribution in [0.5, 0.6) is 0 Å². The number of benzene rings is 1. The molecule has 0 aliphatic carbocycles. The van der Waals surface area contributed by atoms with Crippen molar-refractivity contribution in [2.24, 2.45) is 5.73 Å². The van der Waals surface area contributed by atoms with E-state index in [9.17, 15) is 4.79 Å². The van der Waals surface area contributed by atoms with Crippen LogP contribution in [0.3, 0.4) is 0 Å². The minimum Gasteiger partial charge on any atom is -0.330 e. The number of hydrogen-bond acceptors (Lipinski definition) is 3. The van der Waals surface area contributed by atoms with E-state index in [4.69, 9.17) is 5.73 Å². The second-order valence-corrected chi connectivity index (χ2v) is 4.99. The Kier molecular flexibility index (Phi) is 4.50. The number of rotatable bonds is 5. The van der Waals surface area contributed by atoms with Crippen molar-refractivity contribution in [1.29, 1.82) is 0 Å². The first-order chi connectivity index (χ1) is 8.83. The number of piperidine rings is 1. The average molecular weight is 246 g/mol. The van der Waals surface area contributed by atoms with Gasteiger partial charge in [-0.05, 0) is 44.5 Å². The van der Waals surface area contributed by atoms with Gasteiger partial charge in [-0.1, -0.05) is 36.8 Å². The summed E-state index contributed by atoms with van der Waals surface area (Å²) in [7, 11) is 0. The van der Waals surface area contributed by atoms with Gasteiger partial charge in [-0.3, -0.25) is 4.90 Å². The van der Waals surface area contributed by atoms with E-state index < -0.39 is 5.54 Å². The van der Waals surface area contributed by atoms with E-state index in [0.717, 1.165) is 24.9 Å². The molecule has 1 aliphatic rings. The Morgan fingerprint density at radius 3 is 2.39 bits per heavy atom. The highest BCUT2D eigenvalue weighted by molar-refractivity contribution is 5.68. The van der Waals surface area contributed by atoms with Crippen molar-refractivity contribution in [2.75, 3.05) is 19.6 Å². The predicted octanol–water partition coefficient (Wildman–Crippen LogP) is 1.92. The summed E-state index contributed by atoms with van der Waals surface area (Å²) >= 11 is 0. The van der Waals surface area contributed by atoms with Crippen LogP contribution < -0.4 is 5.73 Å². The lowest BCUT2D eigenvalue weighted by Gasteiger charge is -2.42. The molecule has 1 saturated heterocycles. The third-order valence-electron chi connectivity index (χ3n) is 3.91. The molecule has 98 valence electrons. The lowest BCUT2D eigenvalue weighted by molar-refractivity contribution is -0.120. The summed E-state index contributed by atoms with van der Waals surface area (Å²) in [6.07, 6.45) is 5.41. The second kappa shape index (κ2) is 6.12. The molecule has 1 unspecified atom stereocenters. The van der Waals surface area contributed by atoms with E-state index in [1.54, 1.807) is 0 Å². The van der Waals surface area contributed by atoms with E-state index in [1.165, 1.54) is 19.3 Å². The van der Waals surface area contributed by atoms with Gasteiger partial charge in [0.25, 0.3) is 0 Å². The van der Waals surface area contributed by atoms with Crippen LogP contribution in [-0.4, -0.2) is 30.8 Å². The zero-order valence-electron chi connectivity index (χ0n) is 10.8. The lowest BCUT2D eigenvalue weighted by Crippen LogP contribution is -2.51. The number of carbonyl (C=O) groups is 1. The molecule has 2 rings (SSSR count). The van der Waals surface area contributed by atoms with Crippen LogP contribution in [0.2, 0.25) is 0 Å². The minimum absolute atomic E-state index is 0.517. The van der Waals surface area contributed by atoms with Crippen LogP contribution in [0.4, 0.5) is 0 Å². The first-order valence-corrected chi connectivity index (χ1v) is 6.80. The number of carbonyl (C=O) groups excluding carboxylic acids is 1. The Morgan fingerprint density at radius 1 is 1.17 bits per heavy atom. The molecular formula is C15H22N2O. The Morgan fingerprint density at radius 2 is 1.83 bits per heavy atom. The van der Waals surface area contributed by atoms with Gasteiger partial charge in [0.15, 0.2) is 0 Å². The van der Waals surface area contributed by atoms with Crippen LogP contribution in [0.1, 0.15) is 31.2 Å². The molecule has 0 spiro atoms. The Bertz CT molecular complexity index is 373. The van der Waals surface area contributed by atoms with Gasteiger partial charge in [0.2, 0.25) is 0 Å². The van der Waals surface area contributed by atoms with Crippen LogP contribution >= 0.6 is 0 Å². The van der Waals surface area contributed by atoms with Crippen LogP contribution in [-0.2, 0) is 10.3 Å². The summed E-state index contributed by atoms with van der Waals surface area (Å²) in [5, 5.41) is 0. The standard InChI is InChI=1S/C15H22N2O/c16-10-9-15(13-18,14-7-3-1-4-8-14)17-11-5-2-6-12-17/h1,3-4,7-8,13H,2,5-6,9-12,16H2. The molecular weight excluding hydrogens is 224 g/mol. The quantitative estimate of drug-likeness (QED) is 0.807. The van der Waals surface area contributed by atoms with Crippen molar-refractivity contribution in [3.05, 3.63) is 35.9 Å². The molecule has 3 heteroatoms. The second-order valence-electron chi connectivity index (χ2n) is 4.99. The third kappa shape index (κ3) is 2.47. The Labute approximate surface area is 109 Å². The van der Waals surface area contributed by atoms with Gasteiger partial charge in [-0.25, -0.2) is 0 Å². The molecule has 1 fully saturated rings. The molecule has 0 radical (unpaired) electrons. The molecule has 18 heavy (non-hydrogen) atoms. The summed E-state index contributed by atoms with van der Waals surface area (Å²) in [6.45, 7) is 2.52. The van der Waals surface area contributed by atoms with Crippen LogP contribution in [0, 0.1) is 0 Å². The molecule has 3 nitrogen and oxygen atoms in total. The highest BCUT2D eigenvalue weighted by atomic mass is 16.1. The van der Waals surface area contributed by atoms with E-state index in [2.05, 4.69) is 4.90 Å². The summed E-state index contributed by atoms with van der Waals surface area (Å²) in [5.41, 5.74) is 6.31. The van der Waals surface area contributed by atoms with Gasteiger partial charge in [0.05, 0.1) is 0 Å². The SMILES string of the molecule is NCCC(C=O)(c1ccccc1)N1CCCCC1. The average Bonchev–Trinajstić information content (AvgIpc) is 2.47. The first kappa shape index (κ1) is 13.2. The van der Waals surface area contributed by atoms with E-state index in [1.807, 2.05) is 30.3 Å². The van der Waals surface area contributed by atoms with Crippen molar-refractivity contribution < 1.29 is 4.79 Å². The fourth-order valence-electron chi connectivity index (χ4n) is 2.93.